The van der Waals surface area contributed by atoms with Gasteiger partial charge in [-0.15, -0.1) is 12.4 Å². The summed E-state index contributed by atoms with van der Waals surface area (Å²) in [6.45, 7) is 0.972. The van der Waals surface area contributed by atoms with Gasteiger partial charge < -0.3 is 15.5 Å². The molecule has 19 heavy (non-hydrogen) atoms. The van der Waals surface area contributed by atoms with Crippen LogP contribution in [0.4, 0.5) is 11.4 Å². The van der Waals surface area contributed by atoms with Crippen molar-refractivity contribution >= 4 is 35.6 Å². The van der Waals surface area contributed by atoms with E-state index >= 15 is 0 Å². The molecule has 1 aromatic rings. The van der Waals surface area contributed by atoms with E-state index in [1.54, 1.807) is 11.9 Å². The molecule has 0 unspecified atom stereocenters. The average Bonchev–Trinajstić information content (AvgIpc) is 2.76. The van der Waals surface area contributed by atoms with E-state index in [0.29, 0.717) is 12.1 Å². The topological polar surface area (TPSA) is 61.4 Å². The van der Waals surface area contributed by atoms with Gasteiger partial charge in [0.2, 0.25) is 11.8 Å². The highest BCUT2D eigenvalue weighted by molar-refractivity contribution is 6.02. The molecule has 2 N–H and O–H groups in total. The van der Waals surface area contributed by atoms with Crippen molar-refractivity contribution in [3.63, 3.8) is 0 Å². The highest BCUT2D eigenvalue weighted by Gasteiger charge is 2.23. The molecule has 104 valence electrons. The number of hydrogen-bond donors (Lipinski definition) is 2. The second kappa shape index (κ2) is 7.11. The lowest BCUT2D eigenvalue weighted by molar-refractivity contribution is -0.117. The summed E-state index contributed by atoms with van der Waals surface area (Å²) in [7, 11) is 1.72. The van der Waals surface area contributed by atoms with Crippen molar-refractivity contribution in [1.29, 1.82) is 0 Å². The van der Waals surface area contributed by atoms with Crippen molar-refractivity contribution in [2.75, 3.05) is 30.4 Å². The summed E-state index contributed by atoms with van der Waals surface area (Å²) in [5.74, 6) is 0.00177. The molecule has 5 nitrogen and oxygen atoms in total. The molecule has 0 spiro atoms. The lowest BCUT2D eigenvalue weighted by atomic mass is 10.2. The van der Waals surface area contributed by atoms with Crippen LogP contribution in [0, 0.1) is 0 Å². The summed E-state index contributed by atoms with van der Waals surface area (Å²) in [6, 6.07) is 7.39. The first kappa shape index (κ1) is 15.5. The van der Waals surface area contributed by atoms with Gasteiger partial charge in [-0.3, -0.25) is 9.59 Å². The number of nitrogens with zero attached hydrogens (tertiary/aromatic N) is 1. The lowest BCUT2D eigenvalue weighted by Gasteiger charge is -2.19. The molecule has 1 fully saturated rings. The summed E-state index contributed by atoms with van der Waals surface area (Å²) in [5.41, 5.74) is 1.47. The average molecular weight is 284 g/mol. The molecule has 2 rings (SSSR count). The van der Waals surface area contributed by atoms with Crippen LogP contribution in [0.25, 0.3) is 0 Å². The van der Waals surface area contributed by atoms with Crippen LogP contribution in [0.2, 0.25) is 0 Å². The number of carbonyl (C=O) groups excluding carboxylic acids is 2. The number of anilines is 2. The van der Waals surface area contributed by atoms with Crippen LogP contribution >= 0.6 is 12.4 Å². The van der Waals surface area contributed by atoms with Gasteiger partial charge in [0.15, 0.2) is 0 Å². The molecular weight excluding hydrogens is 266 g/mol. The van der Waals surface area contributed by atoms with Crippen molar-refractivity contribution in [3.05, 3.63) is 24.3 Å². The second-order valence-corrected chi connectivity index (χ2v) is 4.24. The van der Waals surface area contributed by atoms with Gasteiger partial charge in [-0.25, -0.2) is 0 Å². The van der Waals surface area contributed by atoms with Crippen LogP contribution in [0.15, 0.2) is 24.3 Å². The Morgan fingerprint density at radius 1 is 1.37 bits per heavy atom. The first-order chi connectivity index (χ1) is 8.72. The Labute approximate surface area is 118 Å². The number of benzene rings is 1. The maximum Gasteiger partial charge on any atom is 0.238 e. The first-order valence-corrected chi connectivity index (χ1v) is 6.06. The normalized spacial score (nSPS) is 14.2. The van der Waals surface area contributed by atoms with Crippen molar-refractivity contribution in [2.24, 2.45) is 0 Å². The molecule has 1 saturated heterocycles. The van der Waals surface area contributed by atoms with Gasteiger partial charge in [-0.05, 0) is 25.6 Å². The third kappa shape index (κ3) is 3.68. The third-order valence-corrected chi connectivity index (χ3v) is 2.88. The molecule has 1 aromatic carbocycles. The van der Waals surface area contributed by atoms with E-state index in [9.17, 15) is 9.59 Å². The van der Waals surface area contributed by atoms with Crippen molar-refractivity contribution < 1.29 is 9.59 Å². The number of hydrogen-bond acceptors (Lipinski definition) is 3. The fraction of sp³-hybridized carbons (Fsp3) is 0.385. The van der Waals surface area contributed by atoms with Crippen molar-refractivity contribution in [3.8, 4) is 0 Å². The summed E-state index contributed by atoms with van der Waals surface area (Å²) in [6.07, 6.45) is 1.45. The van der Waals surface area contributed by atoms with Crippen LogP contribution in [-0.4, -0.2) is 32.0 Å². The Balaban J connectivity index is 0.00000180. The van der Waals surface area contributed by atoms with Crippen LogP contribution < -0.4 is 15.5 Å². The zero-order valence-corrected chi connectivity index (χ0v) is 11.6. The highest BCUT2D eigenvalue weighted by atomic mass is 35.5. The molecule has 1 heterocycles. The second-order valence-electron chi connectivity index (χ2n) is 4.24. The minimum absolute atomic E-state index is 0. The number of halogens is 1. The summed E-state index contributed by atoms with van der Waals surface area (Å²) < 4.78 is 0. The van der Waals surface area contributed by atoms with Crippen LogP contribution in [0.3, 0.4) is 0 Å². The van der Waals surface area contributed by atoms with E-state index in [-0.39, 0.29) is 30.8 Å². The maximum atomic E-state index is 11.7. The largest absolute Gasteiger partial charge is 0.323 e. The Hall–Kier alpha value is -1.59. The van der Waals surface area contributed by atoms with Crippen LogP contribution in [-0.2, 0) is 9.59 Å². The predicted molar refractivity (Wildman–Crippen MR) is 77.8 cm³/mol. The molecule has 0 aromatic heterocycles. The molecule has 0 aliphatic carbocycles. The van der Waals surface area contributed by atoms with Gasteiger partial charge >= 0.3 is 0 Å². The molecule has 2 amide bonds. The monoisotopic (exact) mass is 283 g/mol. The molecule has 0 radical (unpaired) electrons. The van der Waals surface area contributed by atoms with E-state index in [4.69, 9.17) is 0 Å². The Morgan fingerprint density at radius 3 is 2.74 bits per heavy atom. The molecule has 0 bridgehead atoms. The predicted octanol–water partition coefficient (Wildman–Crippen LogP) is 1.39. The summed E-state index contributed by atoms with van der Waals surface area (Å²) in [4.78, 5) is 25.1. The van der Waals surface area contributed by atoms with E-state index in [1.165, 1.54) is 0 Å². The lowest BCUT2D eigenvalue weighted by Crippen LogP contribution is -2.28. The SMILES string of the molecule is CNCC(=O)Nc1ccccc1N1CCCC1=O.Cl. The number of nitrogens with one attached hydrogen (secondary N) is 2. The van der Waals surface area contributed by atoms with Crippen LogP contribution in [0.1, 0.15) is 12.8 Å². The Bertz CT molecular complexity index is 465. The minimum atomic E-state index is -0.114. The number of rotatable bonds is 4. The van der Waals surface area contributed by atoms with Gasteiger partial charge in [0.05, 0.1) is 17.9 Å². The van der Waals surface area contributed by atoms with Gasteiger partial charge in [0, 0.05) is 13.0 Å². The van der Waals surface area contributed by atoms with Gasteiger partial charge in [-0.2, -0.15) is 0 Å². The first-order valence-electron chi connectivity index (χ1n) is 6.06. The molecule has 1 aliphatic heterocycles. The van der Waals surface area contributed by atoms with Gasteiger partial charge in [0.1, 0.15) is 0 Å². The van der Waals surface area contributed by atoms with E-state index < -0.39 is 0 Å². The molecule has 0 atom stereocenters. The van der Waals surface area contributed by atoms with Crippen molar-refractivity contribution in [1.82, 2.24) is 5.32 Å². The number of para-hydroxylation sites is 2. The fourth-order valence-electron chi connectivity index (χ4n) is 2.07. The summed E-state index contributed by atoms with van der Waals surface area (Å²) >= 11 is 0. The fourth-order valence-corrected chi connectivity index (χ4v) is 2.07. The number of amides is 2. The van der Waals surface area contributed by atoms with E-state index in [2.05, 4.69) is 10.6 Å². The van der Waals surface area contributed by atoms with Crippen LogP contribution in [0.5, 0.6) is 0 Å². The minimum Gasteiger partial charge on any atom is -0.323 e. The molecule has 1 aliphatic rings. The van der Waals surface area contributed by atoms with E-state index in [1.807, 2.05) is 24.3 Å². The highest BCUT2D eigenvalue weighted by Crippen LogP contribution is 2.29. The van der Waals surface area contributed by atoms with E-state index in [0.717, 1.165) is 18.7 Å². The smallest absolute Gasteiger partial charge is 0.238 e. The summed E-state index contributed by atoms with van der Waals surface area (Å²) in [5, 5.41) is 5.61. The number of carbonyl (C=O) groups is 2. The maximum absolute atomic E-state index is 11.7. The van der Waals surface area contributed by atoms with Gasteiger partial charge in [-0.1, -0.05) is 12.1 Å². The molecule has 6 heteroatoms. The molecule has 0 saturated carbocycles. The van der Waals surface area contributed by atoms with Gasteiger partial charge in [0.25, 0.3) is 0 Å². The Kier molecular flexibility index (Phi) is 5.79. The standard InChI is InChI=1S/C13H17N3O2.ClH/c1-14-9-12(17)15-10-5-2-3-6-11(10)16-8-4-7-13(16)18;/h2-3,5-6,14H,4,7-9H2,1H3,(H,15,17);1H. The quantitative estimate of drug-likeness (QED) is 0.878. The number of likely N-dealkylation sites (N-methyl/N-ethyl adjacent to an activating group) is 1. The zero-order chi connectivity index (χ0) is 13.0. The Morgan fingerprint density at radius 2 is 2.11 bits per heavy atom. The zero-order valence-electron chi connectivity index (χ0n) is 10.8. The molecular formula is C13H18ClN3O2. The third-order valence-electron chi connectivity index (χ3n) is 2.88. The van der Waals surface area contributed by atoms with Crippen molar-refractivity contribution in [2.45, 2.75) is 12.8 Å².